The van der Waals surface area contributed by atoms with E-state index in [1.165, 1.54) is 0 Å². The number of methoxy groups -OCH3 is 1. The molecular formula is C10H22O3. The summed E-state index contributed by atoms with van der Waals surface area (Å²) in [6.45, 7) is 6.92. The van der Waals surface area contributed by atoms with Crippen molar-refractivity contribution in [2.75, 3.05) is 20.3 Å². The Hall–Kier alpha value is -0.120. The van der Waals surface area contributed by atoms with Gasteiger partial charge in [0, 0.05) is 13.7 Å². The van der Waals surface area contributed by atoms with E-state index in [0.29, 0.717) is 5.92 Å². The molecule has 0 fully saturated rings. The van der Waals surface area contributed by atoms with Crippen LogP contribution in [0, 0.1) is 5.92 Å². The lowest BCUT2D eigenvalue weighted by molar-refractivity contribution is -0.0138. The fourth-order valence-corrected chi connectivity index (χ4v) is 1.51. The lowest BCUT2D eigenvalue weighted by atomic mass is 9.98. The zero-order valence-corrected chi connectivity index (χ0v) is 9.12. The Morgan fingerprint density at radius 2 is 1.92 bits per heavy atom. The van der Waals surface area contributed by atoms with Crippen LogP contribution in [0.25, 0.3) is 0 Å². The maximum absolute atomic E-state index is 8.97. The van der Waals surface area contributed by atoms with Gasteiger partial charge in [-0.15, -0.1) is 0 Å². The quantitative estimate of drug-likeness (QED) is 0.660. The summed E-state index contributed by atoms with van der Waals surface area (Å²) in [6.07, 6.45) is 1.10. The highest BCUT2D eigenvalue weighted by atomic mass is 16.5. The monoisotopic (exact) mass is 190 g/mol. The Labute approximate surface area is 81.0 Å². The van der Waals surface area contributed by atoms with Crippen LogP contribution in [0.1, 0.15) is 27.2 Å². The van der Waals surface area contributed by atoms with E-state index >= 15 is 0 Å². The Kier molecular flexibility index (Phi) is 7.23. The molecular weight excluding hydrogens is 168 g/mol. The standard InChI is InChI=1S/C10H22O3/c1-5-13-9(3)6-8(2)10(7-11)12-4/h8-11H,5-7H2,1-4H3/t8-,9+,10?/m1/s1. The van der Waals surface area contributed by atoms with Gasteiger partial charge in [-0.3, -0.25) is 0 Å². The summed E-state index contributed by atoms with van der Waals surface area (Å²) in [7, 11) is 1.63. The van der Waals surface area contributed by atoms with E-state index < -0.39 is 0 Å². The summed E-state index contributed by atoms with van der Waals surface area (Å²) in [5.74, 6) is 0.330. The molecule has 0 aromatic heterocycles. The van der Waals surface area contributed by atoms with Gasteiger partial charge in [-0.05, 0) is 26.2 Å². The molecule has 0 spiro atoms. The van der Waals surface area contributed by atoms with Gasteiger partial charge in [-0.2, -0.15) is 0 Å². The fourth-order valence-electron chi connectivity index (χ4n) is 1.51. The van der Waals surface area contributed by atoms with Crippen LogP contribution < -0.4 is 0 Å². The van der Waals surface area contributed by atoms with E-state index in [0.717, 1.165) is 13.0 Å². The zero-order chi connectivity index (χ0) is 10.3. The molecule has 0 aliphatic heterocycles. The maximum atomic E-state index is 8.97. The lowest BCUT2D eigenvalue weighted by Gasteiger charge is -2.23. The molecule has 0 radical (unpaired) electrons. The second-order valence-electron chi connectivity index (χ2n) is 3.44. The third kappa shape index (κ3) is 5.24. The Morgan fingerprint density at radius 3 is 2.31 bits per heavy atom. The molecule has 0 aliphatic rings. The van der Waals surface area contributed by atoms with E-state index in [4.69, 9.17) is 14.6 Å². The van der Waals surface area contributed by atoms with Gasteiger partial charge in [0.1, 0.15) is 0 Å². The minimum Gasteiger partial charge on any atom is -0.394 e. The molecule has 1 unspecified atom stereocenters. The zero-order valence-electron chi connectivity index (χ0n) is 9.12. The van der Waals surface area contributed by atoms with Crippen molar-refractivity contribution in [1.82, 2.24) is 0 Å². The topological polar surface area (TPSA) is 38.7 Å². The van der Waals surface area contributed by atoms with Gasteiger partial charge < -0.3 is 14.6 Å². The highest BCUT2D eigenvalue weighted by molar-refractivity contribution is 4.67. The van der Waals surface area contributed by atoms with Crippen molar-refractivity contribution in [3.05, 3.63) is 0 Å². The first-order valence-electron chi connectivity index (χ1n) is 4.90. The molecule has 3 nitrogen and oxygen atoms in total. The molecule has 3 atom stereocenters. The lowest BCUT2D eigenvalue weighted by Crippen LogP contribution is -2.27. The van der Waals surface area contributed by atoms with Crippen LogP contribution >= 0.6 is 0 Å². The number of rotatable bonds is 7. The average Bonchev–Trinajstić information content (AvgIpc) is 2.06. The van der Waals surface area contributed by atoms with Crippen molar-refractivity contribution in [3.63, 3.8) is 0 Å². The molecule has 1 N–H and O–H groups in total. The van der Waals surface area contributed by atoms with E-state index in [-0.39, 0.29) is 18.8 Å². The summed E-state index contributed by atoms with van der Waals surface area (Å²) >= 11 is 0. The minimum absolute atomic E-state index is 0.0668. The van der Waals surface area contributed by atoms with Gasteiger partial charge in [0.15, 0.2) is 0 Å². The van der Waals surface area contributed by atoms with Gasteiger partial charge in [0.05, 0.1) is 18.8 Å². The van der Waals surface area contributed by atoms with Gasteiger partial charge in [0.25, 0.3) is 0 Å². The summed E-state index contributed by atoms with van der Waals surface area (Å²) in [6, 6.07) is 0. The van der Waals surface area contributed by atoms with Crippen molar-refractivity contribution in [3.8, 4) is 0 Å². The first-order valence-corrected chi connectivity index (χ1v) is 4.90. The van der Waals surface area contributed by atoms with Crippen molar-refractivity contribution in [2.24, 2.45) is 5.92 Å². The van der Waals surface area contributed by atoms with Crippen LogP contribution in [-0.2, 0) is 9.47 Å². The first kappa shape index (κ1) is 12.9. The number of ether oxygens (including phenoxy) is 2. The molecule has 3 heteroatoms. The smallest absolute Gasteiger partial charge is 0.0828 e. The summed E-state index contributed by atoms with van der Waals surface area (Å²) < 4.78 is 10.5. The largest absolute Gasteiger partial charge is 0.394 e. The number of aliphatic hydroxyl groups is 1. The number of aliphatic hydroxyl groups excluding tert-OH is 1. The molecule has 0 rings (SSSR count). The second-order valence-corrected chi connectivity index (χ2v) is 3.44. The molecule has 0 amide bonds. The maximum Gasteiger partial charge on any atom is 0.0828 e. The average molecular weight is 190 g/mol. The number of hydrogen-bond acceptors (Lipinski definition) is 3. The van der Waals surface area contributed by atoms with Crippen LogP contribution in [0.3, 0.4) is 0 Å². The first-order chi connectivity index (χ1) is 6.15. The molecule has 0 bridgehead atoms. The molecule has 0 saturated carbocycles. The molecule has 0 aromatic rings. The van der Waals surface area contributed by atoms with Gasteiger partial charge in [-0.25, -0.2) is 0 Å². The molecule has 0 saturated heterocycles. The highest BCUT2D eigenvalue weighted by Crippen LogP contribution is 2.14. The SMILES string of the molecule is CCO[C@@H](C)C[C@@H](C)C(CO)OC. The second kappa shape index (κ2) is 7.30. The highest BCUT2D eigenvalue weighted by Gasteiger charge is 2.18. The van der Waals surface area contributed by atoms with Crippen LogP contribution in [0.5, 0.6) is 0 Å². The number of hydrogen-bond donors (Lipinski definition) is 1. The third-order valence-corrected chi connectivity index (χ3v) is 2.27. The minimum atomic E-state index is -0.0668. The van der Waals surface area contributed by atoms with E-state index in [9.17, 15) is 0 Å². The van der Waals surface area contributed by atoms with E-state index in [1.54, 1.807) is 7.11 Å². The molecule has 0 aliphatic carbocycles. The van der Waals surface area contributed by atoms with E-state index in [1.807, 2.05) is 13.8 Å². The predicted molar refractivity (Wildman–Crippen MR) is 52.8 cm³/mol. The van der Waals surface area contributed by atoms with Crippen molar-refractivity contribution < 1.29 is 14.6 Å². The summed E-state index contributed by atoms with van der Waals surface area (Å²) in [4.78, 5) is 0. The Balaban J connectivity index is 3.75. The van der Waals surface area contributed by atoms with Gasteiger partial charge in [-0.1, -0.05) is 6.92 Å². The van der Waals surface area contributed by atoms with Crippen LogP contribution in [0.2, 0.25) is 0 Å². The Morgan fingerprint density at radius 1 is 1.31 bits per heavy atom. The molecule has 80 valence electrons. The van der Waals surface area contributed by atoms with Gasteiger partial charge >= 0.3 is 0 Å². The van der Waals surface area contributed by atoms with Crippen molar-refractivity contribution in [1.29, 1.82) is 0 Å². The summed E-state index contributed by atoms with van der Waals surface area (Å²) in [5.41, 5.74) is 0. The molecule has 13 heavy (non-hydrogen) atoms. The third-order valence-electron chi connectivity index (χ3n) is 2.27. The van der Waals surface area contributed by atoms with Crippen molar-refractivity contribution >= 4 is 0 Å². The van der Waals surface area contributed by atoms with Crippen LogP contribution in [0.15, 0.2) is 0 Å². The summed E-state index contributed by atoms with van der Waals surface area (Å²) in [5, 5.41) is 8.97. The molecule has 0 aromatic carbocycles. The van der Waals surface area contributed by atoms with Crippen LogP contribution in [-0.4, -0.2) is 37.6 Å². The molecule has 0 heterocycles. The normalized spacial score (nSPS) is 18.2. The van der Waals surface area contributed by atoms with Crippen molar-refractivity contribution in [2.45, 2.75) is 39.4 Å². The van der Waals surface area contributed by atoms with Crippen LogP contribution in [0.4, 0.5) is 0 Å². The van der Waals surface area contributed by atoms with E-state index in [2.05, 4.69) is 6.92 Å². The van der Waals surface area contributed by atoms with Gasteiger partial charge in [0.2, 0.25) is 0 Å². The predicted octanol–water partition coefficient (Wildman–Crippen LogP) is 1.44. The fraction of sp³-hybridized carbons (Fsp3) is 1.00. The Bertz CT molecular complexity index is 113.